The number of nitrogens with one attached hydrogen (secondary N) is 1. The Morgan fingerprint density at radius 1 is 1.03 bits per heavy atom. The summed E-state index contributed by atoms with van der Waals surface area (Å²) in [6, 6.07) is 18.2. The van der Waals surface area contributed by atoms with Crippen molar-refractivity contribution in [1.29, 1.82) is 0 Å². The number of amides is 2. The summed E-state index contributed by atoms with van der Waals surface area (Å²) in [5.74, 6) is -0.460. The van der Waals surface area contributed by atoms with Crippen LogP contribution in [0.15, 0.2) is 54.6 Å². The summed E-state index contributed by atoms with van der Waals surface area (Å²) < 4.78 is 4.80. The molecule has 1 saturated carbocycles. The summed E-state index contributed by atoms with van der Waals surface area (Å²) in [4.78, 5) is 39.8. The van der Waals surface area contributed by atoms with Crippen molar-refractivity contribution >= 4 is 17.8 Å². The molecule has 2 aliphatic rings. The molecule has 37 heavy (non-hydrogen) atoms. The summed E-state index contributed by atoms with van der Waals surface area (Å²) in [7, 11) is 1.34. The van der Waals surface area contributed by atoms with Gasteiger partial charge in [-0.2, -0.15) is 0 Å². The lowest BCUT2D eigenvalue weighted by atomic mass is 9.82. The molecule has 2 atom stereocenters. The molecule has 2 aromatic carbocycles. The zero-order valence-electron chi connectivity index (χ0n) is 21.7. The molecule has 198 valence electrons. The van der Waals surface area contributed by atoms with Crippen LogP contribution in [0.3, 0.4) is 0 Å². The molecule has 1 saturated heterocycles. The average Bonchev–Trinajstić information content (AvgIpc) is 3.22. The number of hydrogen-bond acceptors (Lipinski definition) is 5. The number of carbonyl (C=O) groups is 3. The first-order valence-electron chi connectivity index (χ1n) is 13.5. The third-order valence-corrected chi connectivity index (χ3v) is 7.89. The molecule has 1 aliphatic carbocycles. The maximum Gasteiger partial charge on any atom is 0.306 e. The Kier molecular flexibility index (Phi) is 9.34. The molecular weight excluding hydrogens is 466 g/mol. The smallest absolute Gasteiger partial charge is 0.306 e. The fraction of sp³-hybridized carbons (Fsp3) is 0.500. The number of esters is 1. The number of rotatable bonds is 10. The Morgan fingerprint density at radius 2 is 1.73 bits per heavy atom. The number of methoxy groups -OCH3 is 1. The van der Waals surface area contributed by atoms with Crippen LogP contribution in [0.2, 0.25) is 0 Å². The SMILES string of the molecule is COC(=O)C[C@@H]1C[C@@H](CNC(=O)c2ccc([C@H]3CC[C@H](N)CC3)cc2)N(CCCc2ccccc2)C1=O. The van der Waals surface area contributed by atoms with Crippen LogP contribution < -0.4 is 11.1 Å². The molecule has 2 amide bonds. The monoisotopic (exact) mass is 505 g/mol. The van der Waals surface area contributed by atoms with Crippen molar-refractivity contribution in [2.24, 2.45) is 11.7 Å². The fourth-order valence-corrected chi connectivity index (χ4v) is 5.68. The van der Waals surface area contributed by atoms with Gasteiger partial charge in [-0.15, -0.1) is 0 Å². The summed E-state index contributed by atoms with van der Waals surface area (Å²) in [6.07, 6.45) is 6.57. The molecule has 0 spiro atoms. The van der Waals surface area contributed by atoms with Crippen molar-refractivity contribution in [2.75, 3.05) is 20.2 Å². The van der Waals surface area contributed by atoms with Crippen LogP contribution >= 0.6 is 0 Å². The van der Waals surface area contributed by atoms with E-state index >= 15 is 0 Å². The van der Waals surface area contributed by atoms with Crippen molar-refractivity contribution in [1.82, 2.24) is 10.2 Å². The fourth-order valence-electron chi connectivity index (χ4n) is 5.68. The van der Waals surface area contributed by atoms with Gasteiger partial charge in [0.2, 0.25) is 5.91 Å². The zero-order chi connectivity index (χ0) is 26.2. The number of carbonyl (C=O) groups excluding carboxylic acids is 3. The van der Waals surface area contributed by atoms with E-state index in [-0.39, 0.29) is 30.2 Å². The quantitative estimate of drug-likeness (QED) is 0.478. The second kappa shape index (κ2) is 12.9. The molecule has 0 unspecified atom stereocenters. The van der Waals surface area contributed by atoms with E-state index in [1.807, 2.05) is 35.2 Å². The van der Waals surface area contributed by atoms with Crippen molar-refractivity contribution in [2.45, 2.75) is 69.4 Å². The Bertz CT molecular complexity index is 1050. The number of nitrogens with two attached hydrogens (primary N) is 1. The number of aryl methyl sites for hydroxylation is 1. The Morgan fingerprint density at radius 3 is 2.41 bits per heavy atom. The minimum atomic E-state index is -0.408. The van der Waals surface area contributed by atoms with Gasteiger partial charge in [-0.1, -0.05) is 42.5 Å². The topological polar surface area (TPSA) is 102 Å². The Hall–Kier alpha value is -3.19. The Balaban J connectivity index is 1.34. The van der Waals surface area contributed by atoms with Crippen LogP contribution in [-0.2, 0) is 20.7 Å². The van der Waals surface area contributed by atoms with E-state index in [1.54, 1.807) is 0 Å². The van der Waals surface area contributed by atoms with E-state index in [9.17, 15) is 14.4 Å². The number of nitrogens with zero attached hydrogens (tertiary/aromatic N) is 1. The summed E-state index contributed by atoms with van der Waals surface area (Å²) in [5.41, 5.74) is 9.14. The number of likely N-dealkylation sites (tertiary alicyclic amines) is 1. The molecular formula is C30H39N3O4. The van der Waals surface area contributed by atoms with Crippen LogP contribution in [0, 0.1) is 5.92 Å². The van der Waals surface area contributed by atoms with Crippen LogP contribution in [0.4, 0.5) is 0 Å². The van der Waals surface area contributed by atoms with E-state index in [1.165, 1.54) is 18.2 Å². The molecule has 0 bridgehead atoms. The van der Waals surface area contributed by atoms with Crippen LogP contribution in [-0.4, -0.2) is 55.0 Å². The van der Waals surface area contributed by atoms with Crippen molar-refractivity contribution in [3.63, 3.8) is 0 Å². The predicted molar refractivity (Wildman–Crippen MR) is 143 cm³/mol. The lowest BCUT2D eigenvalue weighted by molar-refractivity contribution is -0.144. The largest absolute Gasteiger partial charge is 0.469 e. The highest BCUT2D eigenvalue weighted by Crippen LogP contribution is 2.32. The highest BCUT2D eigenvalue weighted by atomic mass is 16.5. The third kappa shape index (κ3) is 7.19. The summed E-state index contributed by atoms with van der Waals surface area (Å²) in [5, 5.41) is 3.03. The van der Waals surface area contributed by atoms with E-state index in [0.29, 0.717) is 37.0 Å². The molecule has 2 fully saturated rings. The second-order valence-corrected chi connectivity index (χ2v) is 10.4. The van der Waals surface area contributed by atoms with Gasteiger partial charge in [-0.25, -0.2) is 0 Å². The Labute approximate surface area is 219 Å². The predicted octanol–water partition coefficient (Wildman–Crippen LogP) is 3.81. The lowest BCUT2D eigenvalue weighted by Gasteiger charge is -2.26. The molecule has 3 N–H and O–H groups in total. The summed E-state index contributed by atoms with van der Waals surface area (Å²) in [6.45, 7) is 0.946. The molecule has 7 heteroatoms. The van der Waals surface area contributed by atoms with E-state index in [0.717, 1.165) is 38.5 Å². The zero-order valence-corrected chi connectivity index (χ0v) is 21.7. The van der Waals surface area contributed by atoms with Gasteiger partial charge in [0.05, 0.1) is 19.4 Å². The maximum atomic E-state index is 13.1. The van der Waals surface area contributed by atoms with Crippen LogP contribution in [0.5, 0.6) is 0 Å². The van der Waals surface area contributed by atoms with Crippen molar-refractivity contribution < 1.29 is 19.1 Å². The van der Waals surface area contributed by atoms with E-state index in [4.69, 9.17) is 10.5 Å². The van der Waals surface area contributed by atoms with Crippen LogP contribution in [0.1, 0.15) is 72.3 Å². The molecule has 2 aromatic rings. The number of ether oxygens (including phenoxy) is 1. The van der Waals surface area contributed by atoms with Crippen LogP contribution in [0.25, 0.3) is 0 Å². The standard InChI is InChI=1S/C30H39N3O4/c1-37-28(34)19-25-18-27(33(30(25)36)17-5-8-21-6-3-2-4-7-21)20-32-29(35)24-11-9-22(10-12-24)23-13-15-26(31)16-14-23/h2-4,6-7,9-12,23,25-27H,5,8,13-20,31H2,1H3,(H,32,35)/t23-,25-,26-,27-/m0/s1. The molecule has 1 aliphatic heterocycles. The van der Waals surface area contributed by atoms with Gasteiger partial charge >= 0.3 is 5.97 Å². The average molecular weight is 506 g/mol. The molecule has 4 rings (SSSR count). The van der Waals surface area contributed by atoms with Crippen molar-refractivity contribution in [3.8, 4) is 0 Å². The molecule has 1 heterocycles. The van der Waals surface area contributed by atoms with Gasteiger partial charge in [0.15, 0.2) is 0 Å². The normalized spacial score (nSPS) is 23.6. The van der Waals surface area contributed by atoms with Gasteiger partial charge in [0.1, 0.15) is 0 Å². The lowest BCUT2D eigenvalue weighted by Crippen LogP contribution is -2.42. The third-order valence-electron chi connectivity index (χ3n) is 7.89. The van der Waals surface area contributed by atoms with E-state index in [2.05, 4.69) is 29.6 Å². The van der Waals surface area contributed by atoms with Gasteiger partial charge < -0.3 is 20.7 Å². The molecule has 7 nitrogen and oxygen atoms in total. The first kappa shape index (κ1) is 26.9. The number of benzene rings is 2. The highest BCUT2D eigenvalue weighted by molar-refractivity contribution is 5.94. The van der Waals surface area contributed by atoms with Gasteiger partial charge in [-0.3, -0.25) is 14.4 Å². The summed E-state index contributed by atoms with van der Waals surface area (Å²) >= 11 is 0. The first-order valence-corrected chi connectivity index (χ1v) is 13.5. The minimum absolute atomic E-state index is 0.0331. The van der Waals surface area contributed by atoms with Gasteiger partial charge in [0.25, 0.3) is 5.91 Å². The van der Waals surface area contributed by atoms with Crippen molar-refractivity contribution in [3.05, 3.63) is 71.3 Å². The minimum Gasteiger partial charge on any atom is -0.469 e. The van der Waals surface area contributed by atoms with Gasteiger partial charge in [-0.05, 0) is 74.1 Å². The molecule has 0 aromatic heterocycles. The van der Waals surface area contributed by atoms with Gasteiger partial charge in [0, 0.05) is 30.7 Å². The molecule has 0 radical (unpaired) electrons. The maximum absolute atomic E-state index is 13.1. The van der Waals surface area contributed by atoms with E-state index < -0.39 is 5.92 Å². The highest BCUT2D eigenvalue weighted by Gasteiger charge is 2.40. The first-order chi connectivity index (χ1) is 17.9. The number of hydrogen-bond donors (Lipinski definition) is 2. The second-order valence-electron chi connectivity index (χ2n) is 10.4.